The molecule has 0 aromatic heterocycles. The highest BCUT2D eigenvalue weighted by molar-refractivity contribution is 7.85. The number of ether oxygens (including phenoxy) is 3. The molecule has 0 bridgehead atoms. The SMILES string of the molecule is Nc1ccc(F)c(Oc2ccccc2P(=O)(c2ccccc2Oc2cc(N)ccc2F)c2ccccc2Oc2cc(N)ccc2F)c1. The van der Waals surface area contributed by atoms with Crippen LogP contribution >= 0.6 is 7.14 Å². The van der Waals surface area contributed by atoms with Crippen molar-refractivity contribution in [2.45, 2.75) is 0 Å². The third kappa shape index (κ3) is 6.32. The lowest BCUT2D eigenvalue weighted by Gasteiger charge is -2.26. The molecule has 7 nitrogen and oxygen atoms in total. The van der Waals surface area contributed by atoms with E-state index in [4.69, 9.17) is 31.4 Å². The van der Waals surface area contributed by atoms with Crippen molar-refractivity contribution in [3.05, 3.63) is 145 Å². The highest BCUT2D eigenvalue weighted by Crippen LogP contribution is 2.51. The minimum atomic E-state index is -4.22. The zero-order valence-corrected chi connectivity index (χ0v) is 25.5. The summed E-state index contributed by atoms with van der Waals surface area (Å²) < 4.78 is 78.9. The fourth-order valence-corrected chi connectivity index (χ4v) is 7.91. The molecule has 236 valence electrons. The van der Waals surface area contributed by atoms with Crippen LogP contribution in [0.25, 0.3) is 0 Å². The molecule has 0 atom stereocenters. The minimum Gasteiger partial charge on any atom is -0.453 e. The number of hydrogen-bond acceptors (Lipinski definition) is 7. The molecule has 0 aliphatic heterocycles. The van der Waals surface area contributed by atoms with Gasteiger partial charge in [0.25, 0.3) is 0 Å². The Morgan fingerprint density at radius 2 is 0.681 bits per heavy atom. The normalized spacial score (nSPS) is 11.2. The van der Waals surface area contributed by atoms with Crippen molar-refractivity contribution in [2.24, 2.45) is 0 Å². The number of benzene rings is 6. The van der Waals surface area contributed by atoms with Crippen LogP contribution in [-0.2, 0) is 4.57 Å². The molecule has 0 heterocycles. The number of anilines is 3. The number of nitrogen functional groups attached to an aromatic ring is 3. The van der Waals surface area contributed by atoms with Gasteiger partial charge < -0.3 is 36.0 Å². The fraction of sp³-hybridized carbons (Fsp3) is 0. The molecule has 0 amide bonds. The van der Waals surface area contributed by atoms with Crippen molar-refractivity contribution in [2.75, 3.05) is 17.2 Å². The molecule has 0 aliphatic carbocycles. The highest BCUT2D eigenvalue weighted by Gasteiger charge is 2.38. The predicted octanol–water partition coefficient (Wildman–Crippen LogP) is 7.87. The van der Waals surface area contributed by atoms with Gasteiger partial charge in [-0.05, 0) is 72.8 Å². The first-order valence-corrected chi connectivity index (χ1v) is 15.9. The summed E-state index contributed by atoms with van der Waals surface area (Å²) in [6.07, 6.45) is 0. The first-order chi connectivity index (χ1) is 22.6. The standard InChI is InChI=1S/C36H27F3N3O4P/c37-25-16-13-22(40)19-31(25)44-28-7-1-4-10-34(28)47(43,35-11-5-2-8-29(35)45-32-20-23(41)14-17-26(32)38)36-12-6-3-9-30(36)46-33-21-24(42)15-18-27(33)39/h1-21H,40-42H2. The van der Waals surface area contributed by atoms with E-state index < -0.39 is 24.6 Å². The Morgan fingerprint density at radius 3 is 0.979 bits per heavy atom. The molecule has 0 saturated heterocycles. The number of hydrogen-bond donors (Lipinski definition) is 3. The maximum absolute atomic E-state index is 16.1. The lowest BCUT2D eigenvalue weighted by molar-refractivity contribution is 0.443. The van der Waals surface area contributed by atoms with Crippen LogP contribution in [0.15, 0.2) is 127 Å². The summed E-state index contributed by atoms with van der Waals surface area (Å²) in [5.41, 5.74) is 18.4. The Balaban J connectivity index is 1.60. The van der Waals surface area contributed by atoms with Gasteiger partial charge in [-0.25, -0.2) is 13.2 Å². The molecule has 0 aliphatic rings. The van der Waals surface area contributed by atoms with Crippen molar-refractivity contribution in [1.29, 1.82) is 0 Å². The second kappa shape index (κ2) is 12.9. The monoisotopic (exact) mass is 653 g/mol. The molecule has 6 N–H and O–H groups in total. The topological polar surface area (TPSA) is 123 Å². The summed E-state index contributed by atoms with van der Waals surface area (Å²) in [4.78, 5) is 0. The van der Waals surface area contributed by atoms with Crippen molar-refractivity contribution < 1.29 is 31.9 Å². The zero-order valence-electron chi connectivity index (χ0n) is 24.6. The van der Waals surface area contributed by atoms with Gasteiger partial charge in [-0.3, -0.25) is 0 Å². The van der Waals surface area contributed by atoms with Crippen LogP contribution in [0.3, 0.4) is 0 Å². The molecule has 11 heteroatoms. The Kier molecular flexibility index (Phi) is 8.52. The molecule has 47 heavy (non-hydrogen) atoms. The summed E-state index contributed by atoms with van der Waals surface area (Å²) in [5.74, 6) is -2.66. The van der Waals surface area contributed by atoms with Crippen LogP contribution < -0.4 is 47.3 Å². The fourth-order valence-electron chi connectivity index (χ4n) is 4.95. The molecule has 0 saturated carbocycles. The molecule has 6 aromatic carbocycles. The largest absolute Gasteiger partial charge is 0.453 e. The molecular weight excluding hydrogens is 626 g/mol. The molecule has 0 radical (unpaired) electrons. The van der Waals surface area contributed by atoms with E-state index in [2.05, 4.69) is 0 Å². The van der Waals surface area contributed by atoms with Crippen LogP contribution in [0.2, 0.25) is 0 Å². The van der Waals surface area contributed by atoms with Crippen molar-refractivity contribution >= 4 is 40.1 Å². The smallest absolute Gasteiger partial charge is 0.182 e. The van der Waals surface area contributed by atoms with Gasteiger partial charge in [-0.15, -0.1) is 0 Å². The summed E-state index contributed by atoms with van der Waals surface area (Å²) in [7, 11) is -4.22. The average Bonchev–Trinajstić information content (AvgIpc) is 3.06. The van der Waals surface area contributed by atoms with E-state index >= 15 is 4.57 Å². The number of para-hydroxylation sites is 3. The Hall–Kier alpha value is -5.86. The maximum atomic E-state index is 16.1. The third-order valence-corrected chi connectivity index (χ3v) is 10.3. The summed E-state index contributed by atoms with van der Waals surface area (Å²) >= 11 is 0. The highest BCUT2D eigenvalue weighted by atomic mass is 31.2. The van der Waals surface area contributed by atoms with E-state index in [0.717, 1.165) is 18.2 Å². The lowest BCUT2D eigenvalue weighted by atomic mass is 10.3. The van der Waals surface area contributed by atoms with Crippen LogP contribution in [-0.4, -0.2) is 0 Å². The van der Waals surface area contributed by atoms with E-state index in [1.165, 1.54) is 54.6 Å². The average molecular weight is 654 g/mol. The first kappa shape index (κ1) is 31.1. The molecule has 0 spiro atoms. The summed E-state index contributed by atoms with van der Waals surface area (Å²) in [6, 6.07) is 30.5. The van der Waals surface area contributed by atoms with Crippen LogP contribution in [0.5, 0.6) is 34.5 Å². The summed E-state index contributed by atoms with van der Waals surface area (Å²) in [6.45, 7) is 0. The maximum Gasteiger partial charge on any atom is 0.182 e. The van der Waals surface area contributed by atoms with Crippen LogP contribution in [0.1, 0.15) is 0 Å². The van der Waals surface area contributed by atoms with Gasteiger partial charge in [0.1, 0.15) is 17.2 Å². The predicted molar refractivity (Wildman–Crippen MR) is 178 cm³/mol. The van der Waals surface area contributed by atoms with Gasteiger partial charge in [-0.1, -0.05) is 36.4 Å². The molecular formula is C36H27F3N3O4P. The van der Waals surface area contributed by atoms with Gasteiger partial charge in [0.15, 0.2) is 41.8 Å². The van der Waals surface area contributed by atoms with Crippen molar-refractivity contribution in [3.63, 3.8) is 0 Å². The second-order valence-corrected chi connectivity index (χ2v) is 13.1. The van der Waals surface area contributed by atoms with Crippen LogP contribution in [0.4, 0.5) is 30.2 Å². The van der Waals surface area contributed by atoms with E-state index in [0.29, 0.717) is 0 Å². The van der Waals surface area contributed by atoms with E-state index in [9.17, 15) is 13.2 Å². The van der Waals surface area contributed by atoms with E-state index in [1.54, 1.807) is 54.6 Å². The summed E-state index contributed by atoms with van der Waals surface area (Å²) in [5, 5.41) is 0.319. The molecule has 0 fully saturated rings. The number of rotatable bonds is 9. The van der Waals surface area contributed by atoms with Crippen molar-refractivity contribution in [1.82, 2.24) is 0 Å². The molecule has 6 aromatic rings. The first-order valence-electron chi connectivity index (χ1n) is 14.2. The number of nitrogens with two attached hydrogens (primary N) is 3. The molecule has 6 rings (SSSR count). The van der Waals surface area contributed by atoms with Gasteiger partial charge in [0, 0.05) is 35.3 Å². The third-order valence-electron chi connectivity index (χ3n) is 7.14. The Morgan fingerprint density at radius 1 is 0.404 bits per heavy atom. The Bertz CT molecular complexity index is 1920. The second-order valence-electron chi connectivity index (χ2n) is 10.4. The van der Waals surface area contributed by atoms with Gasteiger partial charge >= 0.3 is 0 Å². The number of halogens is 3. The van der Waals surface area contributed by atoms with Crippen LogP contribution in [0, 0.1) is 17.5 Å². The van der Waals surface area contributed by atoms with Crippen molar-refractivity contribution in [3.8, 4) is 34.5 Å². The van der Waals surface area contributed by atoms with E-state index in [1.807, 2.05) is 0 Å². The molecule has 0 unspecified atom stereocenters. The Labute approximate surface area is 268 Å². The van der Waals surface area contributed by atoms with Gasteiger partial charge in [0.2, 0.25) is 0 Å². The lowest BCUT2D eigenvalue weighted by Crippen LogP contribution is -2.28. The van der Waals surface area contributed by atoms with E-state index in [-0.39, 0.29) is 67.5 Å². The quantitative estimate of drug-likeness (QED) is 0.107. The van der Waals surface area contributed by atoms with Gasteiger partial charge in [0.05, 0.1) is 15.9 Å². The van der Waals surface area contributed by atoms with Gasteiger partial charge in [-0.2, -0.15) is 0 Å². The zero-order chi connectivity index (χ0) is 33.1. The minimum absolute atomic E-state index is 0.0233.